The Balaban J connectivity index is 2.84. The average molecular weight is 547 g/mol. The highest BCUT2D eigenvalue weighted by molar-refractivity contribution is 6.74. The minimum atomic E-state index is -2.15. The summed E-state index contributed by atoms with van der Waals surface area (Å²) in [5.74, 6) is -0.707. The molecule has 0 aromatic carbocycles. The number of methoxy groups -OCH3 is 1. The van der Waals surface area contributed by atoms with Crippen LogP contribution in [0, 0.1) is 0 Å². The number of hydrogen-bond donors (Lipinski definition) is 1. The van der Waals surface area contributed by atoms with Crippen LogP contribution in [0.15, 0.2) is 22.9 Å². The Labute approximate surface area is 221 Å². The van der Waals surface area contributed by atoms with Gasteiger partial charge in [0.15, 0.2) is 8.32 Å². The van der Waals surface area contributed by atoms with Gasteiger partial charge < -0.3 is 23.9 Å². The first-order valence-electron chi connectivity index (χ1n) is 12.0. The molecule has 0 radical (unpaired) electrons. The van der Waals surface area contributed by atoms with Gasteiger partial charge in [-0.1, -0.05) is 32.4 Å². The van der Waals surface area contributed by atoms with E-state index in [1.54, 1.807) is 27.8 Å². The molecule has 3 amide bonds. The second kappa shape index (κ2) is 12.6. The van der Waals surface area contributed by atoms with Crippen molar-refractivity contribution < 1.29 is 33.4 Å². The van der Waals surface area contributed by atoms with Crippen molar-refractivity contribution in [1.82, 2.24) is 9.80 Å². The van der Waals surface area contributed by atoms with Gasteiger partial charge >= 0.3 is 6.09 Å². The van der Waals surface area contributed by atoms with Gasteiger partial charge in [0, 0.05) is 25.2 Å². The number of rotatable bonds is 10. The van der Waals surface area contributed by atoms with Gasteiger partial charge in [0.1, 0.15) is 17.4 Å². The highest BCUT2D eigenvalue weighted by atomic mass is 35.5. The van der Waals surface area contributed by atoms with E-state index in [0.717, 1.165) is 4.90 Å². The zero-order chi connectivity index (χ0) is 28.1. The summed E-state index contributed by atoms with van der Waals surface area (Å²) in [7, 11) is 0.854. The summed E-state index contributed by atoms with van der Waals surface area (Å²) < 4.78 is 16.9. The summed E-state index contributed by atoms with van der Waals surface area (Å²) in [6.07, 6.45) is -0.632. The van der Waals surface area contributed by atoms with E-state index >= 15 is 0 Å². The first kappa shape index (κ1) is 32.1. The van der Waals surface area contributed by atoms with Crippen molar-refractivity contribution >= 4 is 37.8 Å². The molecule has 1 unspecified atom stereocenters. The average Bonchev–Trinajstić information content (AvgIpc) is 3.04. The zero-order valence-corrected chi connectivity index (χ0v) is 25.1. The van der Waals surface area contributed by atoms with Crippen molar-refractivity contribution in [3.8, 4) is 0 Å². The number of ether oxygens (including phenoxy) is 2. The van der Waals surface area contributed by atoms with Crippen molar-refractivity contribution in [3.05, 3.63) is 22.9 Å². The van der Waals surface area contributed by atoms with Crippen LogP contribution in [0.1, 0.15) is 54.4 Å². The first-order chi connectivity index (χ1) is 16.3. The molecule has 0 aromatic rings. The summed E-state index contributed by atoms with van der Waals surface area (Å²) in [4.78, 5) is 40.4. The van der Waals surface area contributed by atoms with E-state index in [9.17, 15) is 19.5 Å². The highest BCUT2D eigenvalue weighted by Gasteiger charge is 2.43. The molecule has 206 valence electrons. The lowest BCUT2D eigenvalue weighted by atomic mass is 10.1. The molecule has 1 rings (SSSR count). The smallest absolute Gasteiger partial charge is 0.410 e. The van der Waals surface area contributed by atoms with Crippen molar-refractivity contribution in [2.45, 2.75) is 90.3 Å². The molecule has 1 aliphatic rings. The lowest BCUT2D eigenvalue weighted by Gasteiger charge is -2.38. The molecule has 1 aliphatic heterocycles. The van der Waals surface area contributed by atoms with E-state index in [4.69, 9.17) is 25.5 Å². The van der Waals surface area contributed by atoms with Crippen LogP contribution in [0.25, 0.3) is 0 Å². The molecule has 11 heteroatoms. The summed E-state index contributed by atoms with van der Waals surface area (Å²) in [5, 5.41) is 10.6. The van der Waals surface area contributed by atoms with E-state index in [1.165, 1.54) is 23.6 Å². The first-order valence-corrected chi connectivity index (χ1v) is 15.3. The predicted octanol–water partition coefficient (Wildman–Crippen LogP) is 4.41. The van der Waals surface area contributed by atoms with Gasteiger partial charge in [-0.05, 0) is 50.9 Å². The molecule has 0 bridgehead atoms. The number of hydrogen-bond acceptors (Lipinski definition) is 7. The van der Waals surface area contributed by atoms with Crippen molar-refractivity contribution in [2.75, 3.05) is 27.3 Å². The van der Waals surface area contributed by atoms with Crippen LogP contribution >= 0.6 is 11.6 Å². The molecular formula is C25H43ClN2O7Si. The number of carbonyl (C=O) groups is 3. The monoisotopic (exact) mass is 546 g/mol. The number of aliphatic hydroxyl groups is 1. The molecule has 9 nitrogen and oxygen atoms in total. The Morgan fingerprint density at radius 3 is 2.28 bits per heavy atom. The Kier molecular flexibility index (Phi) is 11.2. The molecule has 1 N–H and O–H groups in total. The fourth-order valence-corrected chi connectivity index (χ4v) is 4.41. The van der Waals surface area contributed by atoms with E-state index in [-0.39, 0.29) is 31.0 Å². The quantitative estimate of drug-likeness (QED) is 0.405. The summed E-state index contributed by atoms with van der Waals surface area (Å²) in [6.45, 7) is 16.0. The third-order valence-corrected chi connectivity index (χ3v) is 11.1. The molecule has 36 heavy (non-hydrogen) atoms. The van der Waals surface area contributed by atoms with E-state index in [1.807, 2.05) is 0 Å². The second-order valence-electron chi connectivity index (χ2n) is 11.6. The standard InChI is InChI=1S/C25H43ClN2O7Si/c1-24(2,3)35-23(32)27(7)15-17(14-26)11-18(29)12-21(30)28-19(20(33-8)13-22(28)31)16-34-36(9,10)25(4,5)6/h13-14,18-19,29H,11-12,15-16H2,1-10H3/b17-14-/t18?,19-/m0/s1. The molecule has 0 saturated heterocycles. The fourth-order valence-electron chi connectivity index (χ4n) is 3.25. The topological polar surface area (TPSA) is 106 Å². The Morgan fingerprint density at radius 1 is 1.22 bits per heavy atom. The van der Waals surface area contributed by atoms with Gasteiger partial charge in [0.25, 0.3) is 5.91 Å². The summed E-state index contributed by atoms with van der Waals surface area (Å²) in [5.41, 5.74) is 1.16. The van der Waals surface area contributed by atoms with Gasteiger partial charge in [-0.15, -0.1) is 0 Å². The van der Waals surface area contributed by atoms with E-state index in [0.29, 0.717) is 11.3 Å². The minimum Gasteiger partial charge on any atom is -0.499 e. The van der Waals surface area contributed by atoms with Crippen molar-refractivity contribution in [1.29, 1.82) is 0 Å². The third-order valence-electron chi connectivity index (χ3n) is 6.26. The van der Waals surface area contributed by atoms with Crippen LogP contribution in [-0.2, 0) is 23.5 Å². The minimum absolute atomic E-state index is 0.0418. The fraction of sp³-hybridized carbons (Fsp3) is 0.720. The van der Waals surface area contributed by atoms with Crippen LogP contribution in [0.4, 0.5) is 4.79 Å². The molecule has 0 aromatic heterocycles. The number of likely N-dealkylation sites (N-methyl/N-ethyl adjacent to an activating group) is 1. The Bertz CT molecular complexity index is 875. The van der Waals surface area contributed by atoms with E-state index in [2.05, 4.69) is 33.9 Å². The Morgan fingerprint density at radius 2 is 1.81 bits per heavy atom. The maximum Gasteiger partial charge on any atom is 0.410 e. The predicted molar refractivity (Wildman–Crippen MR) is 142 cm³/mol. The molecule has 0 fully saturated rings. The molecule has 0 aliphatic carbocycles. The largest absolute Gasteiger partial charge is 0.499 e. The number of halogens is 1. The maximum absolute atomic E-state index is 13.1. The van der Waals surface area contributed by atoms with Crippen LogP contribution in [0.2, 0.25) is 18.1 Å². The normalized spacial score (nSPS) is 18.2. The zero-order valence-electron chi connectivity index (χ0n) is 23.3. The van der Waals surface area contributed by atoms with Crippen LogP contribution in [0.5, 0.6) is 0 Å². The number of nitrogens with zero attached hydrogens (tertiary/aromatic N) is 2. The van der Waals surface area contributed by atoms with Gasteiger partial charge in [0.05, 0.1) is 26.2 Å². The summed E-state index contributed by atoms with van der Waals surface area (Å²) >= 11 is 5.92. The lowest BCUT2D eigenvalue weighted by molar-refractivity contribution is -0.145. The number of carbonyl (C=O) groups excluding carboxylic acids is 3. The van der Waals surface area contributed by atoms with Gasteiger partial charge in [0.2, 0.25) is 5.91 Å². The van der Waals surface area contributed by atoms with Crippen molar-refractivity contribution in [3.63, 3.8) is 0 Å². The van der Waals surface area contributed by atoms with Crippen LogP contribution in [-0.4, -0.2) is 86.2 Å². The number of aliphatic hydroxyl groups excluding tert-OH is 1. The van der Waals surface area contributed by atoms with Gasteiger partial charge in [-0.2, -0.15) is 0 Å². The Hall–Kier alpha value is -1.88. The number of imide groups is 1. The third kappa shape index (κ3) is 9.21. The second-order valence-corrected chi connectivity index (χ2v) is 16.6. The summed E-state index contributed by atoms with van der Waals surface area (Å²) in [6, 6.07) is -0.697. The van der Waals surface area contributed by atoms with Crippen LogP contribution in [0.3, 0.4) is 0 Å². The molecule has 0 spiro atoms. The lowest BCUT2D eigenvalue weighted by Crippen LogP contribution is -2.48. The molecule has 2 atom stereocenters. The van der Waals surface area contributed by atoms with E-state index < -0.39 is 44.0 Å². The molecular weight excluding hydrogens is 504 g/mol. The number of amides is 3. The molecule has 1 heterocycles. The van der Waals surface area contributed by atoms with Crippen molar-refractivity contribution in [2.24, 2.45) is 0 Å². The van der Waals surface area contributed by atoms with Gasteiger partial charge in [-0.25, -0.2) is 4.79 Å². The van der Waals surface area contributed by atoms with Gasteiger partial charge in [-0.3, -0.25) is 14.5 Å². The maximum atomic E-state index is 13.1. The molecule has 0 saturated carbocycles. The highest BCUT2D eigenvalue weighted by Crippen LogP contribution is 2.37. The van der Waals surface area contributed by atoms with Crippen LogP contribution < -0.4 is 0 Å². The SMILES string of the molecule is COC1=CC(=O)N(C(=O)CC(O)C/C(=C/Cl)CN(C)C(=O)OC(C)(C)C)[C@H]1CO[Si](C)(C)C(C)(C)C.